The van der Waals surface area contributed by atoms with Crippen molar-refractivity contribution in [3.05, 3.63) is 50.4 Å². The van der Waals surface area contributed by atoms with Crippen molar-refractivity contribution in [2.24, 2.45) is 0 Å². The normalized spacial score (nSPS) is 11.9. The Morgan fingerprint density at radius 2 is 1.88 bits per heavy atom. The van der Waals surface area contributed by atoms with Gasteiger partial charge in [0.1, 0.15) is 5.56 Å². The van der Waals surface area contributed by atoms with Gasteiger partial charge in [-0.2, -0.15) is 0 Å². The van der Waals surface area contributed by atoms with Gasteiger partial charge in [-0.1, -0.05) is 11.6 Å². The lowest BCUT2D eigenvalue weighted by atomic mass is 10.0. The van der Waals surface area contributed by atoms with Crippen LogP contribution in [0, 0.1) is 0 Å². The molecule has 0 aliphatic heterocycles. The molecule has 1 N–H and O–H groups in total. The third kappa shape index (κ3) is 3.61. The lowest BCUT2D eigenvalue weighted by molar-refractivity contribution is -0.107. The summed E-state index contributed by atoms with van der Waals surface area (Å²) in [5.74, 6) is -0.629. The first-order valence-corrected chi connectivity index (χ1v) is 9.85. The molecular weight excluding hydrogens is 384 g/mol. The van der Waals surface area contributed by atoms with E-state index in [2.05, 4.69) is 5.10 Å². The molecule has 0 fully saturated rings. The molecule has 0 amide bonds. The van der Waals surface area contributed by atoms with Gasteiger partial charge in [-0.3, -0.25) is 14.3 Å². The molecule has 0 aliphatic rings. The zero-order valence-corrected chi connectivity index (χ0v) is 16.3. The highest BCUT2D eigenvalue weighted by molar-refractivity contribution is 7.90. The van der Waals surface area contributed by atoms with Gasteiger partial charge in [-0.05, 0) is 19.1 Å². The van der Waals surface area contributed by atoms with Gasteiger partial charge < -0.3 is 14.6 Å². The standard InChI is InChI=1S/C16H19ClN2O6S/c1-5-19-15(21)10(8-18-19)14(20)9-6-7-11(26(4,22)23)12(13(9)17)16(24-2)25-3/h6-8,16,18H,5H2,1-4H3. The van der Waals surface area contributed by atoms with E-state index in [1.54, 1.807) is 6.92 Å². The Bertz CT molecular complexity index is 989. The number of halogens is 1. The fraction of sp³-hybridized carbons (Fsp3) is 0.375. The lowest BCUT2D eigenvalue weighted by Crippen LogP contribution is -2.22. The van der Waals surface area contributed by atoms with Gasteiger partial charge in [-0.15, -0.1) is 0 Å². The second-order valence-electron chi connectivity index (χ2n) is 5.48. The van der Waals surface area contributed by atoms with Crippen LogP contribution in [-0.2, 0) is 25.9 Å². The second-order valence-corrected chi connectivity index (χ2v) is 7.84. The molecule has 0 saturated carbocycles. The number of nitrogens with zero attached hydrogens (tertiary/aromatic N) is 1. The van der Waals surface area contributed by atoms with Gasteiger partial charge >= 0.3 is 0 Å². The largest absolute Gasteiger partial charge is 0.352 e. The molecule has 1 aromatic carbocycles. The Labute approximate surface area is 155 Å². The molecule has 0 atom stereocenters. The third-order valence-corrected chi connectivity index (χ3v) is 5.41. The first kappa shape index (κ1) is 20.4. The number of sulfone groups is 1. The van der Waals surface area contributed by atoms with Crippen molar-refractivity contribution >= 4 is 27.2 Å². The number of ketones is 1. The van der Waals surface area contributed by atoms with Gasteiger partial charge in [0.15, 0.2) is 16.1 Å². The third-order valence-electron chi connectivity index (χ3n) is 3.85. The fourth-order valence-electron chi connectivity index (χ4n) is 2.58. The average molecular weight is 403 g/mol. The molecule has 0 radical (unpaired) electrons. The SMILES string of the molecule is CCn1[nH]cc(C(=O)c2ccc(S(C)(=O)=O)c(C(OC)OC)c2Cl)c1=O. The highest BCUT2D eigenvalue weighted by Gasteiger charge is 2.28. The monoisotopic (exact) mass is 402 g/mol. The van der Waals surface area contributed by atoms with Gasteiger partial charge in [0.2, 0.25) is 5.78 Å². The van der Waals surface area contributed by atoms with Crippen LogP contribution in [0.25, 0.3) is 0 Å². The van der Waals surface area contributed by atoms with Crippen LogP contribution in [0.5, 0.6) is 0 Å². The number of aryl methyl sites for hydroxylation is 1. The van der Waals surface area contributed by atoms with Crippen molar-refractivity contribution in [1.29, 1.82) is 0 Å². The molecule has 0 aliphatic carbocycles. The molecule has 1 heterocycles. The van der Waals surface area contributed by atoms with Gasteiger partial charge in [-0.25, -0.2) is 8.42 Å². The molecule has 1 aromatic heterocycles. The summed E-state index contributed by atoms with van der Waals surface area (Å²) in [6.07, 6.45) is 1.20. The Morgan fingerprint density at radius 3 is 2.35 bits per heavy atom. The van der Waals surface area contributed by atoms with Crippen LogP contribution >= 0.6 is 11.6 Å². The zero-order valence-electron chi connectivity index (χ0n) is 14.7. The van der Waals surface area contributed by atoms with Crippen LogP contribution in [0.15, 0.2) is 28.0 Å². The highest BCUT2D eigenvalue weighted by atomic mass is 35.5. The van der Waals surface area contributed by atoms with Crippen molar-refractivity contribution in [1.82, 2.24) is 9.78 Å². The fourth-order valence-corrected chi connectivity index (χ4v) is 3.89. The van der Waals surface area contributed by atoms with E-state index in [0.717, 1.165) is 6.26 Å². The molecule has 142 valence electrons. The Morgan fingerprint density at radius 1 is 1.27 bits per heavy atom. The van der Waals surface area contributed by atoms with Gasteiger partial charge in [0.05, 0.1) is 9.92 Å². The van der Waals surface area contributed by atoms with Crippen LogP contribution in [0.3, 0.4) is 0 Å². The van der Waals surface area contributed by atoms with E-state index in [1.165, 1.54) is 37.2 Å². The number of benzene rings is 1. The van der Waals surface area contributed by atoms with Crippen molar-refractivity contribution in [3.8, 4) is 0 Å². The summed E-state index contributed by atoms with van der Waals surface area (Å²) in [7, 11) is -1.03. The number of carbonyl (C=O) groups excluding carboxylic acids is 1. The highest BCUT2D eigenvalue weighted by Crippen LogP contribution is 2.35. The minimum atomic E-state index is -3.66. The number of nitrogens with one attached hydrogen (secondary N) is 1. The lowest BCUT2D eigenvalue weighted by Gasteiger charge is -2.19. The van der Waals surface area contributed by atoms with Crippen molar-refractivity contribution in [2.75, 3.05) is 20.5 Å². The number of ether oxygens (including phenoxy) is 2. The molecule has 8 nitrogen and oxygen atoms in total. The maximum atomic E-state index is 12.8. The van der Waals surface area contributed by atoms with Crippen molar-refractivity contribution < 1.29 is 22.7 Å². The molecule has 0 saturated heterocycles. The number of carbonyl (C=O) groups is 1. The minimum Gasteiger partial charge on any atom is -0.352 e. The predicted octanol–water partition coefficient (Wildman–Crippen LogP) is 1.78. The number of aromatic nitrogens is 2. The quantitative estimate of drug-likeness (QED) is 0.558. The molecular formula is C16H19ClN2O6S. The van der Waals surface area contributed by atoms with E-state index < -0.39 is 27.5 Å². The minimum absolute atomic E-state index is 0.0105. The van der Waals surface area contributed by atoms with Crippen LogP contribution in [-0.4, -0.2) is 44.5 Å². The maximum absolute atomic E-state index is 12.8. The average Bonchev–Trinajstić information content (AvgIpc) is 2.96. The summed E-state index contributed by atoms with van der Waals surface area (Å²) in [6, 6.07) is 2.52. The summed E-state index contributed by atoms with van der Waals surface area (Å²) in [4.78, 5) is 24.9. The van der Waals surface area contributed by atoms with E-state index in [-0.39, 0.29) is 26.6 Å². The summed E-state index contributed by atoms with van der Waals surface area (Å²) in [6.45, 7) is 2.12. The number of rotatable bonds is 7. The van der Waals surface area contributed by atoms with Gasteiger partial charge in [0, 0.05) is 44.3 Å². The smallest absolute Gasteiger partial charge is 0.277 e. The summed E-state index contributed by atoms with van der Waals surface area (Å²) in [5.41, 5.74) is -0.598. The zero-order chi connectivity index (χ0) is 19.6. The maximum Gasteiger partial charge on any atom is 0.277 e. The van der Waals surface area contributed by atoms with E-state index >= 15 is 0 Å². The van der Waals surface area contributed by atoms with E-state index in [9.17, 15) is 18.0 Å². The predicted molar refractivity (Wildman–Crippen MR) is 95.5 cm³/mol. The second kappa shape index (κ2) is 7.75. The first-order valence-electron chi connectivity index (χ1n) is 7.58. The molecule has 10 heteroatoms. The van der Waals surface area contributed by atoms with Crippen LogP contribution in [0.4, 0.5) is 0 Å². The number of hydrogen-bond acceptors (Lipinski definition) is 6. The number of H-pyrrole nitrogens is 1. The number of methoxy groups -OCH3 is 2. The molecule has 0 bridgehead atoms. The first-order chi connectivity index (χ1) is 12.2. The Balaban J connectivity index is 2.71. The molecule has 0 unspecified atom stereocenters. The molecule has 0 spiro atoms. The molecule has 26 heavy (non-hydrogen) atoms. The van der Waals surface area contributed by atoms with Gasteiger partial charge in [0.25, 0.3) is 5.56 Å². The van der Waals surface area contributed by atoms with Crippen molar-refractivity contribution in [3.63, 3.8) is 0 Å². The number of hydrogen-bond donors (Lipinski definition) is 1. The van der Waals surface area contributed by atoms with E-state index in [0.29, 0.717) is 6.54 Å². The van der Waals surface area contributed by atoms with E-state index in [1.807, 2.05) is 0 Å². The van der Waals surface area contributed by atoms with Crippen molar-refractivity contribution in [2.45, 2.75) is 24.7 Å². The summed E-state index contributed by atoms with van der Waals surface area (Å²) >= 11 is 6.35. The topological polar surface area (TPSA) is 107 Å². The molecule has 2 rings (SSSR count). The van der Waals surface area contributed by atoms with Crippen LogP contribution in [0.1, 0.15) is 34.7 Å². The number of aromatic amines is 1. The summed E-state index contributed by atoms with van der Waals surface area (Å²) in [5, 5.41) is 2.54. The van der Waals surface area contributed by atoms with Crippen LogP contribution in [0.2, 0.25) is 5.02 Å². The summed E-state index contributed by atoms with van der Waals surface area (Å²) < 4.78 is 35.7. The van der Waals surface area contributed by atoms with E-state index in [4.69, 9.17) is 21.1 Å². The molecule has 2 aromatic rings. The Kier molecular flexibility index (Phi) is 6.07. The Hall–Kier alpha value is -1.94. The van der Waals surface area contributed by atoms with Crippen LogP contribution < -0.4 is 5.56 Å².